The van der Waals surface area contributed by atoms with Crippen LogP contribution in [0.2, 0.25) is 0 Å². The van der Waals surface area contributed by atoms with Gasteiger partial charge in [0.15, 0.2) is 0 Å². The fraction of sp³-hybridized carbons (Fsp3) is 0.273. The molecular weight excluding hydrogens is 226 g/mol. The van der Waals surface area contributed by atoms with Crippen molar-refractivity contribution in [2.24, 2.45) is 0 Å². The third kappa shape index (κ3) is 2.58. The van der Waals surface area contributed by atoms with Crippen LogP contribution in [0, 0.1) is 12.3 Å². The summed E-state index contributed by atoms with van der Waals surface area (Å²) in [7, 11) is 0. The Hall–Kier alpha value is -0.780. The lowest BCUT2D eigenvalue weighted by molar-refractivity contribution is 0.663. The fourth-order valence-electron chi connectivity index (χ4n) is 1.17. The molecule has 1 rings (SSSR count). The Labute approximate surface area is 87.7 Å². The van der Waals surface area contributed by atoms with Crippen molar-refractivity contribution in [1.82, 2.24) is 5.32 Å². The third-order valence-corrected chi connectivity index (χ3v) is 2.51. The van der Waals surface area contributed by atoms with Crippen LogP contribution in [-0.2, 0) is 0 Å². The van der Waals surface area contributed by atoms with Crippen LogP contribution in [0.25, 0.3) is 0 Å². The minimum Gasteiger partial charge on any atom is -0.300 e. The molecule has 68 valence electrons. The summed E-state index contributed by atoms with van der Waals surface area (Å²) in [5, 5.41) is 3.22. The summed E-state index contributed by atoms with van der Waals surface area (Å²) in [6, 6.07) is 7.99. The van der Waals surface area contributed by atoms with Crippen molar-refractivity contribution in [2.75, 3.05) is 6.54 Å². The van der Waals surface area contributed by atoms with Crippen molar-refractivity contribution in [2.45, 2.75) is 13.0 Å². The minimum atomic E-state index is 0.000532. The molecule has 0 radical (unpaired) electrons. The van der Waals surface area contributed by atoms with E-state index in [0.717, 1.165) is 16.6 Å². The zero-order chi connectivity index (χ0) is 9.68. The Bertz CT molecular complexity index is 314. The molecule has 0 saturated carbocycles. The molecule has 1 N–H and O–H groups in total. The lowest BCUT2D eigenvalue weighted by Gasteiger charge is -2.13. The average Bonchev–Trinajstić information content (AvgIpc) is 2.16. The average molecular weight is 238 g/mol. The van der Waals surface area contributed by atoms with Gasteiger partial charge in [0, 0.05) is 4.47 Å². The predicted octanol–water partition coefficient (Wildman–Crippen LogP) is 2.73. The van der Waals surface area contributed by atoms with E-state index in [9.17, 15) is 0 Å². The fourth-order valence-corrected chi connectivity index (χ4v) is 1.69. The molecule has 13 heavy (non-hydrogen) atoms. The van der Waals surface area contributed by atoms with Crippen molar-refractivity contribution in [1.29, 1.82) is 0 Å². The summed E-state index contributed by atoms with van der Waals surface area (Å²) in [5.74, 6) is 2.72. The van der Waals surface area contributed by atoms with E-state index in [1.165, 1.54) is 0 Å². The highest BCUT2D eigenvalue weighted by Gasteiger charge is 2.08. The molecule has 0 aromatic heterocycles. The topological polar surface area (TPSA) is 12.0 Å². The third-order valence-electron chi connectivity index (χ3n) is 1.79. The van der Waals surface area contributed by atoms with Crippen LogP contribution in [0.3, 0.4) is 0 Å². The molecule has 0 aliphatic carbocycles. The monoisotopic (exact) mass is 237 g/mol. The summed E-state index contributed by atoms with van der Waals surface area (Å²) < 4.78 is 1.05. The van der Waals surface area contributed by atoms with Gasteiger partial charge in [-0.05, 0) is 18.2 Å². The number of benzene rings is 1. The van der Waals surface area contributed by atoms with Crippen LogP contribution in [0.5, 0.6) is 0 Å². The second-order valence-corrected chi connectivity index (χ2v) is 3.53. The molecule has 0 fully saturated rings. The largest absolute Gasteiger partial charge is 0.300 e. The molecule has 1 aromatic rings. The van der Waals surface area contributed by atoms with Crippen molar-refractivity contribution in [3.63, 3.8) is 0 Å². The summed E-state index contributed by atoms with van der Waals surface area (Å²) >= 11 is 3.47. The number of hydrogen-bond acceptors (Lipinski definition) is 1. The highest BCUT2D eigenvalue weighted by molar-refractivity contribution is 9.10. The first-order valence-electron chi connectivity index (χ1n) is 4.23. The van der Waals surface area contributed by atoms with Crippen LogP contribution >= 0.6 is 15.9 Å². The second kappa shape index (κ2) is 5.06. The molecule has 2 heteroatoms. The molecule has 0 heterocycles. The minimum absolute atomic E-state index is 0.000532. The second-order valence-electron chi connectivity index (χ2n) is 2.68. The Morgan fingerprint density at radius 3 is 2.77 bits per heavy atom. The van der Waals surface area contributed by atoms with Gasteiger partial charge in [-0.3, -0.25) is 0 Å². The van der Waals surface area contributed by atoms with Crippen LogP contribution in [0.4, 0.5) is 0 Å². The summed E-state index contributed by atoms with van der Waals surface area (Å²) in [6.07, 6.45) is 5.43. The lowest BCUT2D eigenvalue weighted by atomic mass is 10.1. The molecule has 1 aromatic carbocycles. The van der Waals surface area contributed by atoms with Gasteiger partial charge in [0.2, 0.25) is 0 Å². The van der Waals surface area contributed by atoms with Gasteiger partial charge in [-0.1, -0.05) is 47.0 Å². The molecule has 1 nitrogen and oxygen atoms in total. The van der Waals surface area contributed by atoms with Gasteiger partial charge < -0.3 is 5.32 Å². The van der Waals surface area contributed by atoms with Crippen molar-refractivity contribution < 1.29 is 0 Å². The number of nitrogens with one attached hydrogen (secondary N) is 1. The van der Waals surface area contributed by atoms with E-state index in [-0.39, 0.29) is 6.04 Å². The summed E-state index contributed by atoms with van der Waals surface area (Å²) in [4.78, 5) is 0. The van der Waals surface area contributed by atoms with Gasteiger partial charge in [0.05, 0.1) is 6.04 Å². The van der Waals surface area contributed by atoms with E-state index >= 15 is 0 Å². The number of rotatable bonds is 3. The molecule has 0 saturated heterocycles. The van der Waals surface area contributed by atoms with Crippen LogP contribution in [0.15, 0.2) is 28.7 Å². The molecule has 0 spiro atoms. The Morgan fingerprint density at radius 2 is 2.23 bits per heavy atom. The maximum Gasteiger partial charge on any atom is 0.0954 e. The van der Waals surface area contributed by atoms with Crippen LogP contribution in [0.1, 0.15) is 18.5 Å². The summed E-state index contributed by atoms with van der Waals surface area (Å²) in [6.45, 7) is 2.91. The number of halogens is 1. The zero-order valence-electron chi connectivity index (χ0n) is 7.55. The van der Waals surface area contributed by atoms with Gasteiger partial charge in [0.1, 0.15) is 0 Å². The van der Waals surface area contributed by atoms with Crippen LogP contribution < -0.4 is 5.32 Å². The smallest absolute Gasteiger partial charge is 0.0954 e. The molecular formula is C11H12BrN. The molecule has 1 atom stereocenters. The molecule has 1 unspecified atom stereocenters. The van der Waals surface area contributed by atoms with E-state index in [1.54, 1.807) is 0 Å². The summed E-state index contributed by atoms with van der Waals surface area (Å²) in [5.41, 5.74) is 1.12. The van der Waals surface area contributed by atoms with Gasteiger partial charge in [-0.25, -0.2) is 0 Å². The first-order valence-corrected chi connectivity index (χ1v) is 5.02. The quantitative estimate of drug-likeness (QED) is 0.798. The van der Waals surface area contributed by atoms with E-state index in [2.05, 4.69) is 27.2 Å². The van der Waals surface area contributed by atoms with E-state index in [1.807, 2.05) is 31.2 Å². The molecule has 0 amide bonds. The SMILES string of the molecule is C#CC(NCC)c1ccccc1Br. The zero-order valence-corrected chi connectivity index (χ0v) is 9.14. The van der Waals surface area contributed by atoms with E-state index in [4.69, 9.17) is 6.42 Å². The van der Waals surface area contributed by atoms with E-state index < -0.39 is 0 Å². The Morgan fingerprint density at radius 1 is 1.54 bits per heavy atom. The van der Waals surface area contributed by atoms with Crippen molar-refractivity contribution in [3.05, 3.63) is 34.3 Å². The molecule has 0 bridgehead atoms. The van der Waals surface area contributed by atoms with Crippen molar-refractivity contribution >= 4 is 15.9 Å². The van der Waals surface area contributed by atoms with Crippen LogP contribution in [-0.4, -0.2) is 6.54 Å². The maximum absolute atomic E-state index is 5.43. The standard InChI is InChI=1S/C11H12BrN/c1-3-11(13-4-2)9-7-5-6-8-10(9)12/h1,5-8,11,13H,4H2,2H3. The highest BCUT2D eigenvalue weighted by Crippen LogP contribution is 2.22. The first kappa shape index (κ1) is 10.3. The Kier molecular flexibility index (Phi) is 4.01. The number of hydrogen-bond donors (Lipinski definition) is 1. The van der Waals surface area contributed by atoms with Crippen molar-refractivity contribution in [3.8, 4) is 12.3 Å². The highest BCUT2D eigenvalue weighted by atomic mass is 79.9. The Balaban J connectivity index is 2.92. The normalized spacial score (nSPS) is 12.1. The first-order chi connectivity index (χ1) is 6.29. The van der Waals surface area contributed by atoms with Gasteiger partial charge in [-0.2, -0.15) is 0 Å². The van der Waals surface area contributed by atoms with E-state index in [0.29, 0.717) is 0 Å². The maximum atomic E-state index is 5.43. The lowest BCUT2D eigenvalue weighted by Crippen LogP contribution is -2.19. The predicted molar refractivity (Wildman–Crippen MR) is 59.4 cm³/mol. The van der Waals surface area contributed by atoms with Gasteiger partial charge >= 0.3 is 0 Å². The number of terminal acetylenes is 1. The molecule has 0 aliphatic heterocycles. The molecule has 0 aliphatic rings. The van der Waals surface area contributed by atoms with Gasteiger partial charge in [-0.15, -0.1) is 6.42 Å². The van der Waals surface area contributed by atoms with Gasteiger partial charge in [0.25, 0.3) is 0 Å².